The van der Waals surface area contributed by atoms with Gasteiger partial charge in [0.2, 0.25) is 11.9 Å². The number of hydrogen-bond donors (Lipinski definition) is 2. The summed E-state index contributed by atoms with van der Waals surface area (Å²) >= 11 is 0. The van der Waals surface area contributed by atoms with E-state index in [1.54, 1.807) is 14.2 Å². The Bertz CT molecular complexity index is 2130. The van der Waals surface area contributed by atoms with Gasteiger partial charge in [0.05, 0.1) is 36.4 Å². The summed E-state index contributed by atoms with van der Waals surface area (Å²) < 4.78 is 11.4. The Morgan fingerprint density at radius 1 is 0.515 bits per heavy atom. The number of piperidine rings is 2. The van der Waals surface area contributed by atoms with Crippen LogP contribution in [0.2, 0.25) is 0 Å². The van der Waals surface area contributed by atoms with Crippen LogP contribution in [-0.4, -0.2) is 174 Å². The van der Waals surface area contributed by atoms with Crippen molar-refractivity contribution in [2.75, 3.05) is 154 Å². The van der Waals surface area contributed by atoms with Gasteiger partial charge in [-0.3, -0.25) is 0 Å². The summed E-state index contributed by atoms with van der Waals surface area (Å²) in [7, 11) is 11.7. The van der Waals surface area contributed by atoms with Crippen LogP contribution in [0.1, 0.15) is 88.2 Å². The van der Waals surface area contributed by atoms with E-state index >= 15 is 0 Å². The van der Waals surface area contributed by atoms with Crippen molar-refractivity contribution in [3.05, 3.63) is 35.4 Å². The maximum Gasteiger partial charge on any atom is 0.227 e. The molecule has 0 amide bonds. The van der Waals surface area contributed by atoms with E-state index in [1.165, 1.54) is 90.4 Å². The molecule has 4 saturated heterocycles. The van der Waals surface area contributed by atoms with Gasteiger partial charge in [-0.1, -0.05) is 23.7 Å². The number of likely N-dealkylation sites (tertiary alicyclic amines) is 2. The molecule has 66 heavy (non-hydrogen) atoms. The third-order valence-electron chi connectivity index (χ3n) is 12.9. The third kappa shape index (κ3) is 14.0. The molecule has 4 aromatic rings. The number of nitrogens with one attached hydrogen (secondary N) is 2. The molecule has 0 bridgehead atoms. The second-order valence-electron chi connectivity index (χ2n) is 18.6. The van der Waals surface area contributed by atoms with E-state index in [-0.39, 0.29) is 0 Å². The van der Waals surface area contributed by atoms with Crippen LogP contribution in [0.5, 0.6) is 11.5 Å². The minimum atomic E-state index is 0.775. The Hall–Kier alpha value is -5.12. The van der Waals surface area contributed by atoms with Crippen LogP contribution in [0.3, 0.4) is 0 Å². The molecular formula is C52H76N12O2. The van der Waals surface area contributed by atoms with Crippen molar-refractivity contribution < 1.29 is 9.47 Å². The average molecular weight is 901 g/mol. The van der Waals surface area contributed by atoms with E-state index < -0.39 is 0 Å². The molecule has 4 fully saturated rings. The van der Waals surface area contributed by atoms with Gasteiger partial charge in [-0.25, -0.2) is 9.97 Å². The van der Waals surface area contributed by atoms with E-state index in [9.17, 15) is 0 Å². The predicted octanol–water partition coefficient (Wildman–Crippen LogP) is 6.88. The third-order valence-corrected chi connectivity index (χ3v) is 12.9. The Balaban J connectivity index is 0.000000196. The Morgan fingerprint density at radius 2 is 0.894 bits per heavy atom. The lowest BCUT2D eigenvalue weighted by Crippen LogP contribution is -2.31. The number of anilines is 4. The molecule has 0 unspecified atom stereocenters. The summed E-state index contributed by atoms with van der Waals surface area (Å²) in [6.07, 6.45) is 14.3. The zero-order chi connectivity index (χ0) is 46.1. The van der Waals surface area contributed by atoms with Crippen LogP contribution in [0.4, 0.5) is 23.5 Å². The number of hydrogen-bond acceptors (Lipinski definition) is 14. The Morgan fingerprint density at radius 3 is 1.26 bits per heavy atom. The van der Waals surface area contributed by atoms with E-state index in [0.717, 1.165) is 146 Å². The molecule has 4 aliphatic heterocycles. The molecular weight excluding hydrogens is 825 g/mol. The fourth-order valence-electron chi connectivity index (χ4n) is 9.11. The van der Waals surface area contributed by atoms with Gasteiger partial charge in [0.25, 0.3) is 0 Å². The number of fused-ring (bicyclic) bond motifs is 2. The van der Waals surface area contributed by atoms with Gasteiger partial charge in [-0.2, -0.15) is 9.97 Å². The normalized spacial score (nSPS) is 16.8. The maximum atomic E-state index is 5.70. The standard InChI is InChI=1S/2C26H38N6O/c2*1-30(2)13-8-5-11-21-19-23-22(20-24(21)33-3)25(27-12-18-31-14-9-10-15-31)29-26(28-23)32-16-6-4-7-17-32/h2*19-20H,4,6-10,12-18H2,1-3H3,(H,27,28,29). The van der Waals surface area contributed by atoms with Crippen molar-refractivity contribution >= 4 is 45.3 Å². The van der Waals surface area contributed by atoms with Crippen molar-refractivity contribution in [3.8, 4) is 35.2 Å². The van der Waals surface area contributed by atoms with Crippen LogP contribution >= 0.6 is 0 Å². The molecule has 4 aliphatic rings. The zero-order valence-electron chi connectivity index (χ0n) is 41.0. The highest BCUT2D eigenvalue weighted by Gasteiger charge is 2.21. The first-order chi connectivity index (χ1) is 32.3. The number of methoxy groups -OCH3 is 2. The minimum absolute atomic E-state index is 0.775. The highest BCUT2D eigenvalue weighted by molar-refractivity contribution is 5.93. The van der Waals surface area contributed by atoms with Gasteiger partial charge in [-0.05, 0) is 143 Å². The summed E-state index contributed by atoms with van der Waals surface area (Å²) in [5.41, 5.74) is 3.61. The van der Waals surface area contributed by atoms with Gasteiger partial charge in [0, 0.05) is 89.1 Å². The van der Waals surface area contributed by atoms with E-state index in [2.05, 4.69) is 104 Å². The number of rotatable bonds is 16. The second kappa shape index (κ2) is 25.1. The SMILES string of the molecule is COc1cc2c(NCCN3CCCC3)nc(N3CCCCC3)nc2cc1C#CCCN(C)C.COc1cc2c(NCCN3CCCC3)nc(N3CCCCC3)nc2cc1C#CCCN(C)C. The molecule has 2 aromatic heterocycles. The first-order valence-corrected chi connectivity index (χ1v) is 24.8. The molecule has 0 aliphatic carbocycles. The lowest BCUT2D eigenvalue weighted by atomic mass is 10.1. The molecule has 8 rings (SSSR count). The van der Waals surface area contributed by atoms with Crippen LogP contribution in [0.25, 0.3) is 21.8 Å². The number of ether oxygens (including phenoxy) is 2. The number of nitrogens with zero attached hydrogens (tertiary/aromatic N) is 10. The first-order valence-electron chi connectivity index (χ1n) is 24.8. The molecule has 14 nitrogen and oxygen atoms in total. The summed E-state index contributed by atoms with van der Waals surface area (Å²) in [5, 5.41) is 9.21. The van der Waals surface area contributed by atoms with Gasteiger partial charge >= 0.3 is 0 Å². The van der Waals surface area contributed by atoms with Crippen LogP contribution in [0, 0.1) is 23.7 Å². The van der Waals surface area contributed by atoms with Gasteiger partial charge in [0.1, 0.15) is 23.1 Å². The fraction of sp³-hybridized carbons (Fsp3) is 0.615. The summed E-state index contributed by atoms with van der Waals surface area (Å²) in [4.78, 5) is 33.9. The fourth-order valence-corrected chi connectivity index (χ4v) is 9.11. The topological polar surface area (TPSA) is 114 Å². The quantitative estimate of drug-likeness (QED) is 0.114. The average Bonchev–Trinajstić information content (AvgIpc) is 4.07. The highest BCUT2D eigenvalue weighted by Crippen LogP contribution is 2.33. The van der Waals surface area contributed by atoms with E-state index in [0.29, 0.717) is 0 Å². The molecule has 14 heteroatoms. The highest BCUT2D eigenvalue weighted by atomic mass is 16.5. The van der Waals surface area contributed by atoms with Crippen LogP contribution < -0.4 is 29.9 Å². The second-order valence-corrected chi connectivity index (χ2v) is 18.6. The van der Waals surface area contributed by atoms with Crippen LogP contribution in [-0.2, 0) is 0 Å². The molecule has 356 valence electrons. The number of benzene rings is 2. The molecule has 0 atom stereocenters. The predicted molar refractivity (Wildman–Crippen MR) is 273 cm³/mol. The van der Waals surface area contributed by atoms with Crippen molar-refractivity contribution in [2.45, 2.75) is 77.0 Å². The molecule has 0 spiro atoms. The van der Waals surface area contributed by atoms with Crippen molar-refractivity contribution in [2.24, 2.45) is 0 Å². The lowest BCUT2D eigenvalue weighted by Gasteiger charge is -2.27. The van der Waals surface area contributed by atoms with Crippen molar-refractivity contribution in [1.29, 1.82) is 0 Å². The van der Waals surface area contributed by atoms with Crippen molar-refractivity contribution in [3.63, 3.8) is 0 Å². The molecule has 2 N–H and O–H groups in total. The Labute approximate surface area is 395 Å². The van der Waals surface area contributed by atoms with Gasteiger partial charge < -0.3 is 49.5 Å². The first kappa shape index (κ1) is 48.8. The van der Waals surface area contributed by atoms with Gasteiger partial charge in [-0.15, -0.1) is 0 Å². The zero-order valence-corrected chi connectivity index (χ0v) is 41.0. The minimum Gasteiger partial charge on any atom is -0.495 e. The maximum absolute atomic E-state index is 5.70. The summed E-state index contributed by atoms with van der Waals surface area (Å²) in [6, 6.07) is 8.22. The summed E-state index contributed by atoms with van der Waals surface area (Å²) in [6.45, 7) is 14.6. The number of aromatic nitrogens is 4. The smallest absolute Gasteiger partial charge is 0.227 e. The summed E-state index contributed by atoms with van der Waals surface area (Å²) in [5.74, 6) is 18.2. The monoisotopic (exact) mass is 901 g/mol. The van der Waals surface area contributed by atoms with Gasteiger partial charge in [0.15, 0.2) is 0 Å². The Kier molecular flexibility index (Phi) is 18.6. The molecule has 6 heterocycles. The largest absolute Gasteiger partial charge is 0.495 e. The van der Waals surface area contributed by atoms with E-state index in [1.807, 2.05) is 12.1 Å². The molecule has 0 saturated carbocycles. The van der Waals surface area contributed by atoms with E-state index in [4.69, 9.17) is 29.4 Å². The molecule has 0 radical (unpaired) electrons. The molecule has 2 aromatic carbocycles. The van der Waals surface area contributed by atoms with Crippen molar-refractivity contribution in [1.82, 2.24) is 39.5 Å². The van der Waals surface area contributed by atoms with Crippen LogP contribution in [0.15, 0.2) is 24.3 Å². The lowest BCUT2D eigenvalue weighted by molar-refractivity contribution is 0.352.